The van der Waals surface area contributed by atoms with Crippen LogP contribution in [0.1, 0.15) is 77.3 Å². The van der Waals surface area contributed by atoms with Crippen LogP contribution in [-0.2, 0) is 38.3 Å². The molecular weight excluding hydrogens is 730 g/mol. The molecule has 1 saturated carbocycles. The van der Waals surface area contributed by atoms with Gasteiger partial charge in [-0.3, -0.25) is 19.0 Å². The van der Waals surface area contributed by atoms with Crippen LogP contribution >= 0.6 is 11.6 Å². The van der Waals surface area contributed by atoms with Crippen LogP contribution in [0.4, 0.5) is 5.69 Å². The summed E-state index contributed by atoms with van der Waals surface area (Å²) in [5.74, 6) is -0.0558. The molecule has 54 heavy (non-hydrogen) atoms. The summed E-state index contributed by atoms with van der Waals surface area (Å²) in [7, 11) is 1.20. The molecular formula is C40H50ClN5O7S. The van der Waals surface area contributed by atoms with Crippen LogP contribution in [0.3, 0.4) is 0 Å². The van der Waals surface area contributed by atoms with Gasteiger partial charge in [0.2, 0.25) is 5.88 Å². The fourth-order valence-corrected chi connectivity index (χ4v) is 11.9. The number of nitrogens with one attached hydrogen (secondary N) is 1. The summed E-state index contributed by atoms with van der Waals surface area (Å²) >= 11 is 6.49. The maximum atomic E-state index is 14.9. The van der Waals surface area contributed by atoms with Gasteiger partial charge >= 0.3 is 0 Å². The van der Waals surface area contributed by atoms with Gasteiger partial charge in [-0.1, -0.05) is 24.6 Å². The van der Waals surface area contributed by atoms with Crippen LogP contribution in [0.5, 0.6) is 11.6 Å². The zero-order chi connectivity index (χ0) is 37.8. The Labute approximate surface area is 322 Å². The Bertz CT molecular complexity index is 2060. The zero-order valence-corrected chi connectivity index (χ0v) is 33.0. The van der Waals surface area contributed by atoms with Crippen molar-refractivity contribution in [1.82, 2.24) is 14.5 Å². The number of anilines is 1. The molecule has 12 nitrogen and oxygen atoms in total. The number of benzene rings is 2. The number of hydrogen-bond acceptors (Lipinski definition) is 9. The van der Waals surface area contributed by atoms with Gasteiger partial charge in [-0.05, 0) is 110 Å². The second kappa shape index (κ2) is 14.8. The lowest BCUT2D eigenvalue weighted by molar-refractivity contribution is -0.0402. The molecule has 14 heteroatoms. The van der Waals surface area contributed by atoms with Gasteiger partial charge < -0.3 is 23.8 Å². The highest BCUT2D eigenvalue weighted by molar-refractivity contribution is 7.92. The molecule has 2 bridgehead atoms. The molecule has 1 aromatic heterocycles. The number of amides is 2. The number of fused-ring (bicyclic) bond motifs is 5. The first-order valence-electron chi connectivity index (χ1n) is 19.1. The highest BCUT2D eigenvalue weighted by Crippen LogP contribution is 2.48. The quantitative estimate of drug-likeness (QED) is 0.339. The van der Waals surface area contributed by atoms with E-state index in [4.69, 9.17) is 30.5 Å². The van der Waals surface area contributed by atoms with Crippen molar-refractivity contribution >= 4 is 39.0 Å². The Morgan fingerprint density at radius 2 is 1.98 bits per heavy atom. The lowest BCUT2D eigenvalue weighted by atomic mass is 9.67. The number of ether oxygens (including phenoxy) is 4. The molecule has 3 aliphatic heterocycles. The van der Waals surface area contributed by atoms with Crippen LogP contribution in [0.25, 0.3) is 0 Å². The Morgan fingerprint density at radius 1 is 1.13 bits per heavy atom. The maximum Gasteiger partial charge on any atom is 0.286 e. The molecule has 2 aliphatic carbocycles. The number of carbonyl (C=O) groups excluding carboxylic acids is 2. The van der Waals surface area contributed by atoms with Gasteiger partial charge in [0.25, 0.3) is 11.8 Å². The number of rotatable bonds is 4. The SMILES string of the molecule is COc1nn(C)cc1C(=O)NS1(=O)=NC(=O)c2ccc3c(c2)N(C[C@@H]2CC[C@H]2[C@@H](OC)CC2CCOC2[C@H](C)C1)C[C@@]1(CCCc2cc(Cl)ccc21)CO3. The number of methoxy groups -OCH3 is 2. The first-order valence-corrected chi connectivity index (χ1v) is 21.2. The standard InChI is InChI=1S/C40H50ClN5O7S/c1-24-21-54(49,44-38(48)31-20-45(2)42-39(31)51-4)43-37(47)27-8-12-34-33(17-27)46(19-28-7-10-30(28)35(50-3)18-26-13-15-52-36(24)26)22-40(23-53-34)14-5-6-25-16-29(41)9-11-32(25)40/h8-9,11-12,16-17,20,24,26,28,30,35-36H,5-7,10,13-15,18-19,21-23H2,1-4H3,(H,43,44,47,48,49)/t24-,26?,28+,30-,35+,36?,40+,54?/m1/s1. The van der Waals surface area contributed by atoms with Crippen molar-refractivity contribution in [2.24, 2.45) is 35.1 Å². The van der Waals surface area contributed by atoms with Crippen molar-refractivity contribution in [2.45, 2.75) is 69.5 Å². The van der Waals surface area contributed by atoms with Gasteiger partial charge in [0.05, 0.1) is 37.4 Å². The number of carbonyl (C=O) groups is 2. The number of hydrogen-bond donors (Lipinski definition) is 1. The van der Waals surface area contributed by atoms with Crippen LogP contribution < -0.4 is 19.1 Å². The van der Waals surface area contributed by atoms with E-state index in [0.29, 0.717) is 37.3 Å². The summed E-state index contributed by atoms with van der Waals surface area (Å²) in [4.78, 5) is 30.3. The molecule has 0 radical (unpaired) electrons. The fourth-order valence-electron chi connectivity index (χ4n) is 9.84. The van der Waals surface area contributed by atoms with Crippen LogP contribution in [-0.4, -0.2) is 84.3 Å². The largest absolute Gasteiger partial charge is 0.490 e. The summed E-state index contributed by atoms with van der Waals surface area (Å²) in [6.07, 6.45) is 8.08. The minimum atomic E-state index is -3.68. The van der Waals surface area contributed by atoms with Gasteiger partial charge in [-0.15, -0.1) is 9.46 Å². The van der Waals surface area contributed by atoms with Crippen molar-refractivity contribution in [3.63, 3.8) is 0 Å². The number of nitrogens with zero attached hydrogens (tertiary/aromatic N) is 4. The summed E-state index contributed by atoms with van der Waals surface area (Å²) in [6, 6.07) is 11.6. The summed E-state index contributed by atoms with van der Waals surface area (Å²) < 4.78 is 48.0. The average molecular weight is 780 g/mol. The predicted octanol–water partition coefficient (Wildman–Crippen LogP) is 5.99. The number of halogens is 1. The van der Waals surface area contributed by atoms with E-state index in [-0.39, 0.29) is 52.2 Å². The summed E-state index contributed by atoms with van der Waals surface area (Å²) in [5, 5.41) is 4.92. The van der Waals surface area contributed by atoms with E-state index >= 15 is 0 Å². The number of aromatic nitrogens is 2. The Hall–Kier alpha value is -3.65. The fraction of sp³-hybridized carbons (Fsp3) is 0.575. The monoisotopic (exact) mass is 779 g/mol. The molecule has 8 atom stereocenters. The highest BCUT2D eigenvalue weighted by atomic mass is 35.5. The van der Waals surface area contributed by atoms with E-state index in [1.807, 2.05) is 32.2 Å². The van der Waals surface area contributed by atoms with Crippen molar-refractivity contribution < 1.29 is 32.7 Å². The molecule has 8 rings (SSSR count). The second-order valence-corrected chi connectivity index (χ2v) is 18.5. The van der Waals surface area contributed by atoms with Gasteiger partial charge in [0, 0.05) is 56.1 Å². The Balaban J connectivity index is 1.22. The zero-order valence-electron chi connectivity index (χ0n) is 31.4. The topological polar surface area (TPSA) is 134 Å². The van der Waals surface area contributed by atoms with E-state index in [2.05, 4.69) is 31.2 Å². The normalized spacial score (nSPS) is 32.2. The molecule has 1 spiro atoms. The Kier molecular flexibility index (Phi) is 10.2. The molecule has 3 aromatic rings. The van der Waals surface area contributed by atoms with E-state index in [0.717, 1.165) is 62.2 Å². The van der Waals surface area contributed by atoms with Crippen molar-refractivity contribution in [2.75, 3.05) is 51.2 Å². The molecule has 1 saturated heterocycles. The van der Waals surface area contributed by atoms with Crippen LogP contribution in [0.2, 0.25) is 5.02 Å². The predicted molar refractivity (Wildman–Crippen MR) is 206 cm³/mol. The smallest absolute Gasteiger partial charge is 0.286 e. The third kappa shape index (κ3) is 7.01. The van der Waals surface area contributed by atoms with Gasteiger partial charge in [0.15, 0.2) is 0 Å². The van der Waals surface area contributed by atoms with E-state index in [1.165, 1.54) is 29.1 Å². The minimum absolute atomic E-state index is 0.0342. The molecule has 2 aromatic carbocycles. The van der Waals surface area contributed by atoms with Crippen LogP contribution in [0, 0.1) is 23.7 Å². The third-order valence-electron chi connectivity index (χ3n) is 12.6. The first kappa shape index (κ1) is 37.3. The van der Waals surface area contributed by atoms with Gasteiger partial charge in [-0.25, -0.2) is 4.21 Å². The molecule has 3 unspecified atom stereocenters. The van der Waals surface area contributed by atoms with Crippen molar-refractivity contribution in [3.8, 4) is 11.6 Å². The average Bonchev–Trinajstić information content (AvgIpc) is 3.73. The third-order valence-corrected chi connectivity index (χ3v) is 14.7. The highest BCUT2D eigenvalue weighted by Gasteiger charge is 2.46. The Morgan fingerprint density at radius 3 is 2.76 bits per heavy atom. The minimum Gasteiger partial charge on any atom is -0.490 e. The molecule has 2 fully saturated rings. The molecule has 290 valence electrons. The van der Waals surface area contributed by atoms with E-state index < -0.39 is 21.7 Å². The van der Waals surface area contributed by atoms with E-state index in [1.54, 1.807) is 13.1 Å². The first-order chi connectivity index (χ1) is 26.0. The summed E-state index contributed by atoms with van der Waals surface area (Å²) in [5.41, 5.74) is 3.43. The lowest BCUT2D eigenvalue weighted by Crippen LogP contribution is -2.50. The maximum absolute atomic E-state index is 14.9. The number of aryl methyl sites for hydroxylation is 2. The van der Waals surface area contributed by atoms with Crippen molar-refractivity contribution in [1.29, 1.82) is 0 Å². The summed E-state index contributed by atoms with van der Waals surface area (Å²) in [6.45, 7) is 4.52. The molecule has 1 N–H and O–H groups in total. The molecule has 4 heterocycles. The van der Waals surface area contributed by atoms with Gasteiger partial charge in [-0.2, -0.15) is 0 Å². The van der Waals surface area contributed by atoms with Crippen LogP contribution in [0.15, 0.2) is 47.0 Å². The van der Waals surface area contributed by atoms with Crippen molar-refractivity contribution in [3.05, 3.63) is 69.9 Å². The molecule has 2 amide bonds. The van der Waals surface area contributed by atoms with E-state index in [9.17, 15) is 13.8 Å². The van der Waals surface area contributed by atoms with Gasteiger partial charge in [0.1, 0.15) is 21.2 Å². The lowest BCUT2D eigenvalue weighted by Gasteiger charge is -2.47. The molecule has 5 aliphatic rings. The second-order valence-electron chi connectivity index (χ2n) is 16.0.